The highest BCUT2D eigenvalue weighted by Gasteiger charge is 2.14. The van der Waals surface area contributed by atoms with Crippen LogP contribution < -0.4 is 0 Å². The summed E-state index contributed by atoms with van der Waals surface area (Å²) < 4.78 is 8.37. The molecule has 0 radical (unpaired) electrons. The standard InChI is InChI=1S/C24H14ClNO/c25-15-9-12-22-20(13-15)17-5-1-3-7-21(17)26(22)16-10-11-19-18-6-2-4-8-23(18)27-24(19)14-16/h1-14H. The van der Waals surface area contributed by atoms with Gasteiger partial charge in [0.2, 0.25) is 0 Å². The van der Waals surface area contributed by atoms with E-state index in [1.165, 1.54) is 5.39 Å². The fraction of sp³-hybridized carbons (Fsp3) is 0. The Balaban J connectivity index is 1.72. The minimum absolute atomic E-state index is 0.748. The largest absolute Gasteiger partial charge is 0.456 e. The van der Waals surface area contributed by atoms with Gasteiger partial charge in [-0.25, -0.2) is 0 Å². The van der Waals surface area contributed by atoms with Gasteiger partial charge in [0.25, 0.3) is 0 Å². The Morgan fingerprint density at radius 3 is 2.26 bits per heavy atom. The van der Waals surface area contributed by atoms with Gasteiger partial charge >= 0.3 is 0 Å². The van der Waals surface area contributed by atoms with Crippen molar-refractivity contribution in [2.45, 2.75) is 0 Å². The number of furan rings is 1. The molecule has 4 aromatic carbocycles. The van der Waals surface area contributed by atoms with Gasteiger partial charge in [-0.3, -0.25) is 0 Å². The number of hydrogen-bond acceptors (Lipinski definition) is 1. The van der Waals surface area contributed by atoms with E-state index in [0.29, 0.717) is 0 Å². The average Bonchev–Trinajstić information content (AvgIpc) is 3.22. The normalized spacial score (nSPS) is 11.9. The molecule has 0 amide bonds. The summed E-state index contributed by atoms with van der Waals surface area (Å²) in [5.41, 5.74) is 5.18. The molecule has 3 heteroatoms. The van der Waals surface area contributed by atoms with E-state index in [2.05, 4.69) is 59.2 Å². The smallest absolute Gasteiger partial charge is 0.137 e. The Labute approximate surface area is 160 Å². The third kappa shape index (κ3) is 2.08. The van der Waals surface area contributed by atoms with Crippen LogP contribution in [0.5, 0.6) is 0 Å². The molecule has 2 heterocycles. The molecule has 2 aromatic heterocycles. The molecule has 27 heavy (non-hydrogen) atoms. The van der Waals surface area contributed by atoms with Gasteiger partial charge in [0.05, 0.1) is 11.0 Å². The molecule has 6 aromatic rings. The van der Waals surface area contributed by atoms with Crippen LogP contribution in [0.25, 0.3) is 49.4 Å². The van der Waals surface area contributed by atoms with Crippen LogP contribution in [0.2, 0.25) is 5.02 Å². The van der Waals surface area contributed by atoms with Crippen LogP contribution in [-0.2, 0) is 0 Å². The monoisotopic (exact) mass is 367 g/mol. The van der Waals surface area contributed by atoms with E-state index in [-0.39, 0.29) is 0 Å². The molecular weight excluding hydrogens is 354 g/mol. The van der Waals surface area contributed by atoms with Crippen molar-refractivity contribution in [2.24, 2.45) is 0 Å². The molecule has 0 aliphatic rings. The summed E-state index contributed by atoms with van der Waals surface area (Å²) in [5, 5.41) is 5.38. The molecular formula is C24H14ClNO. The van der Waals surface area contributed by atoms with Crippen molar-refractivity contribution in [1.82, 2.24) is 4.57 Å². The first-order chi connectivity index (χ1) is 13.3. The van der Waals surface area contributed by atoms with Crippen LogP contribution in [0.3, 0.4) is 0 Å². The zero-order chi connectivity index (χ0) is 18.0. The first kappa shape index (κ1) is 14.9. The molecule has 0 aliphatic heterocycles. The molecule has 2 nitrogen and oxygen atoms in total. The third-order valence-electron chi connectivity index (χ3n) is 5.26. The van der Waals surface area contributed by atoms with Gasteiger partial charge in [-0.1, -0.05) is 48.0 Å². The number of halogens is 1. The average molecular weight is 368 g/mol. The fourth-order valence-corrected chi connectivity index (χ4v) is 4.25. The lowest BCUT2D eigenvalue weighted by atomic mass is 10.1. The Morgan fingerprint density at radius 2 is 1.33 bits per heavy atom. The number of para-hydroxylation sites is 2. The van der Waals surface area contributed by atoms with Crippen molar-refractivity contribution < 1.29 is 4.42 Å². The van der Waals surface area contributed by atoms with Crippen LogP contribution in [0.4, 0.5) is 0 Å². The quantitative estimate of drug-likeness (QED) is 0.297. The number of hydrogen-bond donors (Lipinski definition) is 0. The van der Waals surface area contributed by atoms with E-state index in [1.807, 2.05) is 30.3 Å². The van der Waals surface area contributed by atoms with Gasteiger partial charge < -0.3 is 8.98 Å². The maximum atomic E-state index is 6.27. The molecule has 0 N–H and O–H groups in total. The molecule has 0 atom stereocenters. The van der Waals surface area contributed by atoms with Gasteiger partial charge in [-0.05, 0) is 42.5 Å². The van der Waals surface area contributed by atoms with Crippen molar-refractivity contribution in [3.63, 3.8) is 0 Å². The minimum atomic E-state index is 0.748. The van der Waals surface area contributed by atoms with Crippen molar-refractivity contribution in [2.75, 3.05) is 0 Å². The Kier molecular flexibility index (Phi) is 2.97. The highest BCUT2D eigenvalue weighted by Crippen LogP contribution is 2.35. The Bertz CT molecular complexity index is 1490. The van der Waals surface area contributed by atoms with E-state index in [4.69, 9.17) is 16.0 Å². The highest BCUT2D eigenvalue weighted by molar-refractivity contribution is 6.32. The summed E-state index contributed by atoms with van der Waals surface area (Å²) in [4.78, 5) is 0. The zero-order valence-corrected chi connectivity index (χ0v) is 15.1. The lowest BCUT2D eigenvalue weighted by molar-refractivity contribution is 0.668. The van der Waals surface area contributed by atoms with Crippen LogP contribution in [0, 0.1) is 0 Å². The number of benzene rings is 4. The maximum absolute atomic E-state index is 6.27. The van der Waals surface area contributed by atoms with E-state index in [9.17, 15) is 0 Å². The van der Waals surface area contributed by atoms with E-state index in [0.717, 1.165) is 49.1 Å². The van der Waals surface area contributed by atoms with Crippen molar-refractivity contribution >= 4 is 55.3 Å². The summed E-state index contributed by atoms with van der Waals surface area (Å²) in [6.45, 7) is 0. The molecule has 0 unspecified atom stereocenters. The summed E-state index contributed by atoms with van der Waals surface area (Å²) in [5.74, 6) is 0. The molecule has 128 valence electrons. The van der Waals surface area contributed by atoms with Crippen LogP contribution in [-0.4, -0.2) is 4.57 Å². The minimum Gasteiger partial charge on any atom is -0.456 e. The maximum Gasteiger partial charge on any atom is 0.137 e. The van der Waals surface area contributed by atoms with Crippen LogP contribution in [0.15, 0.2) is 89.3 Å². The molecule has 0 fully saturated rings. The third-order valence-corrected chi connectivity index (χ3v) is 5.49. The Morgan fingerprint density at radius 1 is 0.593 bits per heavy atom. The molecule has 0 bridgehead atoms. The second kappa shape index (κ2) is 5.38. The fourth-order valence-electron chi connectivity index (χ4n) is 4.08. The second-order valence-corrected chi connectivity index (χ2v) is 7.23. The lowest BCUT2D eigenvalue weighted by Crippen LogP contribution is -1.93. The first-order valence-corrected chi connectivity index (χ1v) is 9.28. The van der Waals surface area contributed by atoms with E-state index in [1.54, 1.807) is 0 Å². The molecule has 0 saturated heterocycles. The predicted molar refractivity (Wildman–Crippen MR) is 113 cm³/mol. The molecule has 0 aliphatic carbocycles. The van der Waals surface area contributed by atoms with Crippen LogP contribution in [0.1, 0.15) is 0 Å². The number of nitrogens with zero attached hydrogens (tertiary/aromatic N) is 1. The van der Waals surface area contributed by atoms with Gasteiger partial charge in [-0.15, -0.1) is 0 Å². The topological polar surface area (TPSA) is 18.1 Å². The van der Waals surface area contributed by atoms with Crippen LogP contribution >= 0.6 is 11.6 Å². The van der Waals surface area contributed by atoms with Gasteiger partial charge in [0.15, 0.2) is 0 Å². The van der Waals surface area contributed by atoms with E-state index >= 15 is 0 Å². The van der Waals surface area contributed by atoms with E-state index < -0.39 is 0 Å². The highest BCUT2D eigenvalue weighted by atomic mass is 35.5. The predicted octanol–water partition coefficient (Wildman–Crippen LogP) is 7.34. The SMILES string of the molecule is Clc1ccc2c(c1)c1ccccc1n2-c1ccc2c(c1)oc1ccccc12. The van der Waals surface area contributed by atoms with Gasteiger partial charge in [-0.2, -0.15) is 0 Å². The zero-order valence-electron chi connectivity index (χ0n) is 14.3. The lowest BCUT2D eigenvalue weighted by Gasteiger charge is -2.07. The van der Waals surface area contributed by atoms with Gasteiger partial charge in [0.1, 0.15) is 11.2 Å². The molecule has 0 spiro atoms. The second-order valence-electron chi connectivity index (χ2n) is 6.79. The summed E-state index contributed by atoms with van der Waals surface area (Å²) in [6.07, 6.45) is 0. The Hall–Kier alpha value is -3.23. The summed E-state index contributed by atoms with van der Waals surface area (Å²) >= 11 is 6.27. The van der Waals surface area contributed by atoms with Crippen molar-refractivity contribution in [3.05, 3.63) is 90.0 Å². The van der Waals surface area contributed by atoms with Crippen molar-refractivity contribution in [3.8, 4) is 5.69 Å². The number of fused-ring (bicyclic) bond motifs is 6. The number of rotatable bonds is 1. The van der Waals surface area contributed by atoms with Gasteiger partial charge in [0, 0.05) is 38.3 Å². The molecule has 0 saturated carbocycles. The van der Waals surface area contributed by atoms with Crippen molar-refractivity contribution in [1.29, 1.82) is 0 Å². The number of aromatic nitrogens is 1. The first-order valence-electron chi connectivity index (χ1n) is 8.90. The molecule has 6 rings (SSSR count). The summed E-state index contributed by atoms with van der Waals surface area (Å²) in [6, 6.07) is 29.1. The summed E-state index contributed by atoms with van der Waals surface area (Å²) in [7, 11) is 0.